The van der Waals surface area contributed by atoms with Crippen molar-refractivity contribution < 1.29 is 14.3 Å². The van der Waals surface area contributed by atoms with E-state index in [2.05, 4.69) is 11.9 Å². The minimum Gasteiger partial charge on any atom is -0.465 e. The number of benzene rings is 2. The number of ether oxygens (including phenoxy) is 1. The first-order valence-corrected chi connectivity index (χ1v) is 11.2. The molecule has 0 N–H and O–H groups in total. The minimum atomic E-state index is -0.740. The Morgan fingerprint density at radius 1 is 1.00 bits per heavy atom. The Labute approximate surface area is 190 Å². The Morgan fingerprint density at radius 3 is 2.25 bits per heavy atom. The fourth-order valence-electron chi connectivity index (χ4n) is 4.56. The molecule has 0 bridgehead atoms. The van der Waals surface area contributed by atoms with Gasteiger partial charge < -0.3 is 14.5 Å². The number of carbonyl (C=O) groups is 2. The van der Waals surface area contributed by atoms with Crippen molar-refractivity contribution >= 4 is 11.9 Å². The van der Waals surface area contributed by atoms with Crippen LogP contribution in [0.3, 0.4) is 0 Å². The maximum absolute atomic E-state index is 13.6. The van der Waals surface area contributed by atoms with Gasteiger partial charge in [-0.2, -0.15) is 0 Å². The zero-order chi connectivity index (χ0) is 22.6. The fraction of sp³-hybridized carbons (Fsp3) is 0.333. The van der Waals surface area contributed by atoms with E-state index in [1.807, 2.05) is 85.9 Å². The van der Waals surface area contributed by atoms with Crippen LogP contribution in [0.2, 0.25) is 0 Å². The van der Waals surface area contributed by atoms with Gasteiger partial charge in [-0.3, -0.25) is 9.59 Å². The van der Waals surface area contributed by atoms with Gasteiger partial charge in [0.25, 0.3) is 5.91 Å². The first-order valence-electron chi connectivity index (χ1n) is 11.2. The monoisotopic (exact) mass is 430 g/mol. The molecule has 2 aromatic carbocycles. The lowest BCUT2D eigenvalue weighted by Gasteiger charge is -2.42. The summed E-state index contributed by atoms with van der Waals surface area (Å²) in [6.07, 6.45) is 7.28. The molecule has 1 amide bonds. The van der Waals surface area contributed by atoms with Gasteiger partial charge >= 0.3 is 5.97 Å². The molecule has 4 rings (SSSR count). The van der Waals surface area contributed by atoms with Crippen LogP contribution < -0.4 is 0 Å². The molecule has 1 saturated heterocycles. The second kappa shape index (κ2) is 9.53. The molecular formula is C27H30N2O3. The summed E-state index contributed by atoms with van der Waals surface area (Å²) in [5, 5.41) is 0. The summed E-state index contributed by atoms with van der Waals surface area (Å²) in [5.74, 6) is -0.289. The number of hydrogen-bond donors (Lipinski definition) is 0. The second-order valence-corrected chi connectivity index (χ2v) is 8.48. The van der Waals surface area contributed by atoms with Crippen molar-refractivity contribution in [2.24, 2.45) is 5.41 Å². The summed E-state index contributed by atoms with van der Waals surface area (Å²) in [7, 11) is 2.07. The molecule has 5 nitrogen and oxygen atoms in total. The highest BCUT2D eigenvalue weighted by Gasteiger charge is 2.46. The summed E-state index contributed by atoms with van der Waals surface area (Å²) in [5.41, 5.74) is 1.75. The number of hydrogen-bond acceptors (Lipinski definition) is 4. The topological polar surface area (TPSA) is 49.9 Å². The number of allylic oxidation sites excluding steroid dienone is 1. The van der Waals surface area contributed by atoms with Crippen molar-refractivity contribution in [3.63, 3.8) is 0 Å². The summed E-state index contributed by atoms with van der Waals surface area (Å²) >= 11 is 0. The molecule has 1 fully saturated rings. The lowest BCUT2D eigenvalue weighted by atomic mass is 9.71. The largest absolute Gasteiger partial charge is 0.465 e. The van der Waals surface area contributed by atoms with Crippen molar-refractivity contribution in [1.82, 2.24) is 9.80 Å². The molecular weight excluding hydrogens is 400 g/mol. The van der Waals surface area contributed by atoms with Crippen LogP contribution in [0.1, 0.15) is 41.7 Å². The van der Waals surface area contributed by atoms with Crippen LogP contribution in [0.4, 0.5) is 0 Å². The van der Waals surface area contributed by atoms with Gasteiger partial charge in [-0.25, -0.2) is 0 Å². The molecule has 0 saturated carbocycles. The van der Waals surface area contributed by atoms with Gasteiger partial charge in [-0.1, -0.05) is 60.7 Å². The van der Waals surface area contributed by atoms with Gasteiger partial charge in [0, 0.05) is 11.8 Å². The standard InChI is InChI=1S/C27H30N2O3/c1-3-32-26(31)27(16-18-28(2)19-17-27)23-14-15-24(21-10-6-4-7-11-21)29(20-23)25(30)22-12-8-5-9-13-22/h4-15,20,24H,3,16-19H2,1-2H3. The van der Waals surface area contributed by atoms with Crippen molar-refractivity contribution in [3.05, 3.63) is 95.7 Å². The molecule has 2 aromatic rings. The summed E-state index contributed by atoms with van der Waals surface area (Å²) in [4.78, 5) is 30.8. The van der Waals surface area contributed by atoms with Gasteiger partial charge in [-0.05, 0) is 63.2 Å². The summed E-state index contributed by atoms with van der Waals surface area (Å²) < 4.78 is 5.53. The molecule has 5 heteroatoms. The van der Waals surface area contributed by atoms with E-state index in [4.69, 9.17) is 4.74 Å². The number of nitrogens with zero attached hydrogens (tertiary/aromatic N) is 2. The van der Waals surface area contributed by atoms with Gasteiger partial charge in [0.05, 0.1) is 18.1 Å². The highest BCUT2D eigenvalue weighted by atomic mass is 16.5. The molecule has 0 aromatic heterocycles. The van der Waals surface area contributed by atoms with Crippen molar-refractivity contribution in [1.29, 1.82) is 0 Å². The Kier molecular flexibility index (Phi) is 6.56. The van der Waals surface area contributed by atoms with Crippen molar-refractivity contribution in [2.45, 2.75) is 25.8 Å². The van der Waals surface area contributed by atoms with Crippen LogP contribution in [-0.4, -0.2) is 48.4 Å². The molecule has 32 heavy (non-hydrogen) atoms. The number of piperidine rings is 1. The van der Waals surface area contributed by atoms with Crippen LogP contribution in [0.5, 0.6) is 0 Å². The number of rotatable bonds is 5. The van der Waals surface area contributed by atoms with Crippen molar-refractivity contribution in [2.75, 3.05) is 26.7 Å². The molecule has 0 radical (unpaired) electrons. The lowest BCUT2D eigenvalue weighted by Crippen LogP contribution is -2.46. The predicted molar refractivity (Wildman–Crippen MR) is 125 cm³/mol. The Bertz CT molecular complexity index is 1010. The van der Waals surface area contributed by atoms with E-state index in [1.54, 1.807) is 4.90 Å². The van der Waals surface area contributed by atoms with Crippen LogP contribution in [-0.2, 0) is 9.53 Å². The molecule has 1 atom stereocenters. The van der Waals surface area contributed by atoms with Gasteiger partial charge in [0.2, 0.25) is 0 Å². The lowest BCUT2D eigenvalue weighted by molar-refractivity contribution is -0.155. The zero-order valence-electron chi connectivity index (χ0n) is 18.7. The van der Waals surface area contributed by atoms with Crippen LogP contribution in [0.25, 0.3) is 0 Å². The number of amides is 1. The van der Waals surface area contributed by atoms with E-state index in [9.17, 15) is 9.59 Å². The normalized spacial score (nSPS) is 20.5. The average Bonchev–Trinajstić information content (AvgIpc) is 2.85. The molecule has 166 valence electrons. The minimum absolute atomic E-state index is 0.0896. The number of likely N-dealkylation sites (tertiary alicyclic amines) is 1. The first-order chi connectivity index (χ1) is 15.5. The number of carbonyl (C=O) groups excluding carboxylic acids is 2. The molecule has 0 aliphatic carbocycles. The highest BCUT2D eigenvalue weighted by molar-refractivity contribution is 5.96. The third-order valence-electron chi connectivity index (χ3n) is 6.49. The van der Waals surface area contributed by atoms with Gasteiger partial charge in [0.15, 0.2) is 0 Å². The maximum Gasteiger partial charge on any atom is 0.316 e. The first kappa shape index (κ1) is 22.0. The highest BCUT2D eigenvalue weighted by Crippen LogP contribution is 2.44. The molecule has 2 aliphatic heterocycles. The van der Waals surface area contributed by atoms with E-state index in [1.165, 1.54) is 0 Å². The SMILES string of the molecule is CCOC(=O)C1(C2=CN(C(=O)c3ccccc3)C(c3ccccc3)C=C2)CCN(C)CC1. The fourth-order valence-corrected chi connectivity index (χ4v) is 4.56. The van der Waals surface area contributed by atoms with E-state index < -0.39 is 5.41 Å². The Hall–Kier alpha value is -3.18. The van der Waals surface area contributed by atoms with Crippen LogP contribution in [0.15, 0.2) is 84.6 Å². The maximum atomic E-state index is 13.6. The van der Waals surface area contributed by atoms with Gasteiger partial charge in [0.1, 0.15) is 0 Å². The average molecular weight is 431 g/mol. The second-order valence-electron chi connectivity index (χ2n) is 8.48. The Morgan fingerprint density at radius 2 is 1.62 bits per heavy atom. The molecule has 2 heterocycles. The van der Waals surface area contributed by atoms with E-state index >= 15 is 0 Å². The predicted octanol–water partition coefficient (Wildman–Crippen LogP) is 4.60. The molecule has 1 unspecified atom stereocenters. The van der Waals surface area contributed by atoms with Crippen LogP contribution in [0, 0.1) is 5.41 Å². The number of esters is 1. The summed E-state index contributed by atoms with van der Waals surface area (Å²) in [6, 6.07) is 19.0. The van der Waals surface area contributed by atoms with Gasteiger partial charge in [-0.15, -0.1) is 0 Å². The summed E-state index contributed by atoms with van der Waals surface area (Å²) in [6.45, 7) is 3.78. The molecule has 0 spiro atoms. The smallest absolute Gasteiger partial charge is 0.316 e. The quantitative estimate of drug-likeness (QED) is 0.651. The van der Waals surface area contributed by atoms with Crippen molar-refractivity contribution in [3.8, 4) is 0 Å². The van der Waals surface area contributed by atoms with Crippen LogP contribution >= 0.6 is 0 Å². The zero-order valence-corrected chi connectivity index (χ0v) is 18.7. The Balaban J connectivity index is 1.77. The van der Waals surface area contributed by atoms with E-state index in [0.29, 0.717) is 25.0 Å². The van der Waals surface area contributed by atoms with E-state index in [0.717, 1.165) is 24.2 Å². The molecule has 2 aliphatic rings. The third kappa shape index (κ3) is 4.26. The third-order valence-corrected chi connectivity index (χ3v) is 6.49. The van der Waals surface area contributed by atoms with E-state index in [-0.39, 0.29) is 17.9 Å².